The van der Waals surface area contributed by atoms with Crippen LogP contribution in [0.2, 0.25) is 0 Å². The lowest BCUT2D eigenvalue weighted by Crippen LogP contribution is -2.35. The second kappa shape index (κ2) is 6.27. The monoisotopic (exact) mass is 339 g/mol. The summed E-state index contributed by atoms with van der Waals surface area (Å²) in [5.74, 6) is 0.754. The maximum absolute atomic E-state index is 12.6. The fourth-order valence-corrected chi connectivity index (χ4v) is 4.55. The van der Waals surface area contributed by atoms with Gasteiger partial charge in [-0.15, -0.1) is 0 Å². The Balaban J connectivity index is 1.75. The minimum Gasteiger partial charge on any atom is -0.345 e. The van der Waals surface area contributed by atoms with Crippen LogP contribution in [0.4, 0.5) is 5.13 Å². The summed E-state index contributed by atoms with van der Waals surface area (Å²) >= 11 is 1.36. The van der Waals surface area contributed by atoms with Gasteiger partial charge in [0.2, 0.25) is 15.2 Å². The van der Waals surface area contributed by atoms with E-state index < -0.39 is 10.0 Å². The molecule has 3 heterocycles. The van der Waals surface area contributed by atoms with Gasteiger partial charge >= 0.3 is 0 Å². The van der Waals surface area contributed by atoms with E-state index in [-0.39, 0.29) is 4.90 Å². The first-order chi connectivity index (χ1) is 10.6. The first kappa shape index (κ1) is 15.3. The number of rotatable bonds is 3. The molecule has 9 heteroatoms. The van der Waals surface area contributed by atoms with Crippen molar-refractivity contribution in [3.05, 3.63) is 30.4 Å². The first-order valence-electron chi connectivity index (χ1n) is 7.03. The van der Waals surface area contributed by atoms with Crippen LogP contribution in [-0.4, -0.2) is 53.2 Å². The lowest BCUT2D eigenvalue weighted by atomic mass is 10.4. The Morgan fingerprint density at radius 1 is 1.23 bits per heavy atom. The average molecular weight is 339 g/mol. The molecule has 2 aromatic heterocycles. The molecule has 0 N–H and O–H groups in total. The van der Waals surface area contributed by atoms with E-state index in [1.807, 2.05) is 6.92 Å². The smallest absolute Gasteiger partial charge is 0.244 e. The standard InChI is InChI=1S/C13H17N5O2S2/c1-11-15-13(21-16-11)17-6-3-7-18(9-8-17)22(19,20)12-4-2-5-14-10-12/h2,4-5,10H,3,6-9H2,1H3. The summed E-state index contributed by atoms with van der Waals surface area (Å²) in [6, 6.07) is 3.22. The molecule has 22 heavy (non-hydrogen) atoms. The average Bonchev–Trinajstić information content (AvgIpc) is 2.81. The summed E-state index contributed by atoms with van der Waals surface area (Å²) < 4.78 is 31.0. The van der Waals surface area contributed by atoms with E-state index in [0.717, 1.165) is 23.9 Å². The Hall–Kier alpha value is -1.58. The van der Waals surface area contributed by atoms with Gasteiger partial charge in [0.1, 0.15) is 10.7 Å². The van der Waals surface area contributed by atoms with Crippen molar-refractivity contribution in [2.24, 2.45) is 0 Å². The van der Waals surface area contributed by atoms with Crippen molar-refractivity contribution in [2.45, 2.75) is 18.2 Å². The quantitative estimate of drug-likeness (QED) is 0.834. The number of sulfonamides is 1. The minimum atomic E-state index is -3.47. The van der Waals surface area contributed by atoms with Gasteiger partial charge in [-0.3, -0.25) is 4.98 Å². The van der Waals surface area contributed by atoms with Gasteiger partial charge < -0.3 is 4.90 Å². The Morgan fingerprint density at radius 2 is 2.09 bits per heavy atom. The largest absolute Gasteiger partial charge is 0.345 e. The Morgan fingerprint density at radius 3 is 2.77 bits per heavy atom. The van der Waals surface area contributed by atoms with Crippen LogP contribution >= 0.6 is 11.5 Å². The molecule has 7 nitrogen and oxygen atoms in total. The van der Waals surface area contributed by atoms with Crippen LogP contribution < -0.4 is 4.90 Å². The lowest BCUT2D eigenvalue weighted by Gasteiger charge is -2.21. The summed E-state index contributed by atoms with van der Waals surface area (Å²) in [5.41, 5.74) is 0. The molecule has 0 aliphatic carbocycles. The van der Waals surface area contributed by atoms with Gasteiger partial charge in [0.15, 0.2) is 0 Å². The number of aryl methyl sites for hydroxylation is 1. The van der Waals surface area contributed by atoms with Gasteiger partial charge in [0.05, 0.1) is 0 Å². The zero-order valence-corrected chi connectivity index (χ0v) is 13.8. The van der Waals surface area contributed by atoms with E-state index in [0.29, 0.717) is 19.6 Å². The Labute approximate surface area is 133 Å². The predicted octanol–water partition coefficient (Wildman–Crippen LogP) is 1.14. The van der Waals surface area contributed by atoms with Crippen LogP contribution in [-0.2, 0) is 10.0 Å². The summed E-state index contributed by atoms with van der Waals surface area (Å²) in [6.45, 7) is 4.21. The van der Waals surface area contributed by atoms with Crippen LogP contribution in [0.5, 0.6) is 0 Å². The second-order valence-corrected chi connectivity index (χ2v) is 7.73. The molecule has 0 radical (unpaired) electrons. The number of hydrogen-bond donors (Lipinski definition) is 0. The second-order valence-electron chi connectivity index (χ2n) is 5.06. The third-order valence-electron chi connectivity index (χ3n) is 3.51. The van der Waals surface area contributed by atoms with E-state index in [4.69, 9.17) is 0 Å². The molecule has 1 fully saturated rings. The summed E-state index contributed by atoms with van der Waals surface area (Å²) in [7, 11) is -3.47. The fourth-order valence-electron chi connectivity index (χ4n) is 2.39. The van der Waals surface area contributed by atoms with Gasteiger partial charge in [-0.2, -0.15) is 8.68 Å². The van der Waals surface area contributed by atoms with E-state index in [9.17, 15) is 8.42 Å². The highest BCUT2D eigenvalue weighted by Gasteiger charge is 2.27. The van der Waals surface area contributed by atoms with E-state index in [1.54, 1.807) is 18.3 Å². The Kier molecular flexibility index (Phi) is 4.37. The molecule has 0 unspecified atom stereocenters. The maximum Gasteiger partial charge on any atom is 0.244 e. The van der Waals surface area contributed by atoms with Crippen LogP contribution in [0.15, 0.2) is 29.4 Å². The van der Waals surface area contributed by atoms with Crippen LogP contribution in [0.25, 0.3) is 0 Å². The molecule has 0 bridgehead atoms. The van der Waals surface area contributed by atoms with Crippen LogP contribution in [0.3, 0.4) is 0 Å². The van der Waals surface area contributed by atoms with Crippen molar-refractivity contribution in [2.75, 3.05) is 31.1 Å². The van der Waals surface area contributed by atoms with Gasteiger partial charge in [-0.05, 0) is 25.5 Å². The first-order valence-corrected chi connectivity index (χ1v) is 9.24. The highest BCUT2D eigenvalue weighted by Crippen LogP contribution is 2.21. The van der Waals surface area contributed by atoms with Crippen LogP contribution in [0, 0.1) is 6.92 Å². The van der Waals surface area contributed by atoms with Crippen molar-refractivity contribution >= 4 is 26.7 Å². The summed E-state index contributed by atoms with van der Waals surface area (Å²) in [5, 5.41) is 0.859. The highest BCUT2D eigenvalue weighted by molar-refractivity contribution is 7.89. The molecule has 0 atom stereocenters. The van der Waals surface area contributed by atoms with E-state index in [1.165, 1.54) is 22.0 Å². The molecule has 3 rings (SSSR count). The SMILES string of the molecule is Cc1nsc(N2CCCN(S(=O)(=O)c3cccnc3)CC2)n1. The topological polar surface area (TPSA) is 79.3 Å². The van der Waals surface area contributed by atoms with Gasteiger partial charge in [0.25, 0.3) is 0 Å². The third-order valence-corrected chi connectivity index (χ3v) is 6.26. The molecule has 0 saturated carbocycles. The number of aromatic nitrogens is 3. The molecule has 1 aliphatic rings. The van der Waals surface area contributed by atoms with E-state index >= 15 is 0 Å². The van der Waals surface area contributed by atoms with Crippen molar-refractivity contribution in [3.8, 4) is 0 Å². The minimum absolute atomic E-state index is 0.246. The zero-order valence-electron chi connectivity index (χ0n) is 12.2. The lowest BCUT2D eigenvalue weighted by molar-refractivity contribution is 0.433. The molecule has 118 valence electrons. The molecule has 0 spiro atoms. The molecule has 1 saturated heterocycles. The van der Waals surface area contributed by atoms with E-state index in [2.05, 4.69) is 19.2 Å². The molecule has 0 aromatic carbocycles. The zero-order chi connectivity index (χ0) is 15.6. The number of hydrogen-bond acceptors (Lipinski definition) is 7. The molecule has 0 amide bonds. The van der Waals surface area contributed by atoms with Crippen molar-refractivity contribution in [1.29, 1.82) is 0 Å². The molecule has 2 aromatic rings. The predicted molar refractivity (Wildman–Crippen MR) is 84.5 cm³/mol. The number of pyridine rings is 1. The van der Waals surface area contributed by atoms with Crippen molar-refractivity contribution in [3.63, 3.8) is 0 Å². The molecular weight excluding hydrogens is 322 g/mol. The van der Waals surface area contributed by atoms with Gasteiger partial charge in [-0.25, -0.2) is 13.4 Å². The molecular formula is C13H17N5O2S2. The number of anilines is 1. The fraction of sp³-hybridized carbons (Fsp3) is 0.462. The van der Waals surface area contributed by atoms with Gasteiger partial charge in [0, 0.05) is 50.1 Å². The number of nitrogens with zero attached hydrogens (tertiary/aromatic N) is 5. The maximum atomic E-state index is 12.6. The van der Waals surface area contributed by atoms with Crippen molar-refractivity contribution in [1.82, 2.24) is 18.6 Å². The summed E-state index contributed by atoms with van der Waals surface area (Å²) in [4.78, 5) is 10.6. The Bertz CT molecular complexity index is 732. The third kappa shape index (κ3) is 3.11. The van der Waals surface area contributed by atoms with Crippen LogP contribution in [0.1, 0.15) is 12.2 Å². The van der Waals surface area contributed by atoms with Crippen molar-refractivity contribution < 1.29 is 8.42 Å². The highest BCUT2D eigenvalue weighted by atomic mass is 32.2. The molecule has 1 aliphatic heterocycles. The van der Waals surface area contributed by atoms with Gasteiger partial charge in [-0.1, -0.05) is 0 Å². The summed E-state index contributed by atoms with van der Waals surface area (Å²) in [6.07, 6.45) is 3.73. The normalized spacial score (nSPS) is 17.4.